The number of sulfonamides is 1. The molecule has 3 heterocycles. The number of nitrogens with zero attached hydrogens (tertiary/aromatic N) is 3. The van der Waals surface area contributed by atoms with E-state index in [0.717, 1.165) is 38.2 Å². The van der Waals surface area contributed by atoms with Crippen molar-refractivity contribution in [2.24, 2.45) is 17.3 Å². The molecule has 0 radical (unpaired) electrons. The molecule has 3 atom stereocenters. The summed E-state index contributed by atoms with van der Waals surface area (Å²) >= 11 is 6.33. The summed E-state index contributed by atoms with van der Waals surface area (Å²) in [4.78, 5) is 22.1. The van der Waals surface area contributed by atoms with Crippen LogP contribution in [0.1, 0.15) is 57.8 Å². The second kappa shape index (κ2) is 10.0. The molecule has 9 nitrogen and oxygen atoms in total. The van der Waals surface area contributed by atoms with Gasteiger partial charge in [0.05, 0.1) is 11.8 Å². The third kappa shape index (κ3) is 5.06. The van der Waals surface area contributed by atoms with Gasteiger partial charge in [-0.2, -0.15) is 8.42 Å². The van der Waals surface area contributed by atoms with E-state index >= 15 is 0 Å². The zero-order chi connectivity index (χ0) is 28.4. The lowest BCUT2D eigenvalue weighted by Crippen LogP contribution is -2.57. The van der Waals surface area contributed by atoms with Crippen LogP contribution in [0.5, 0.6) is 5.75 Å². The van der Waals surface area contributed by atoms with E-state index in [2.05, 4.69) is 14.6 Å². The van der Waals surface area contributed by atoms with Gasteiger partial charge < -0.3 is 19.6 Å². The van der Waals surface area contributed by atoms with Crippen LogP contribution in [0.25, 0.3) is 0 Å². The predicted molar refractivity (Wildman–Crippen MR) is 156 cm³/mol. The van der Waals surface area contributed by atoms with Crippen LogP contribution in [0.4, 0.5) is 11.5 Å². The molecule has 1 aromatic heterocycles. The number of aliphatic hydroxyl groups excluding tert-OH is 1. The van der Waals surface area contributed by atoms with Crippen molar-refractivity contribution in [3.63, 3.8) is 0 Å². The fourth-order valence-electron chi connectivity index (χ4n) is 7.50. The Labute approximate surface area is 246 Å². The van der Waals surface area contributed by atoms with E-state index in [-0.39, 0.29) is 17.0 Å². The maximum atomic E-state index is 13.4. The Kier molecular flexibility index (Phi) is 6.67. The first-order chi connectivity index (χ1) is 19.7. The molecule has 2 saturated heterocycles. The van der Waals surface area contributed by atoms with Crippen molar-refractivity contribution in [2.45, 2.75) is 74.5 Å². The number of pyridine rings is 1. The maximum absolute atomic E-state index is 13.4. The minimum Gasteiger partial charge on any atom is -0.475 e. The van der Waals surface area contributed by atoms with Crippen LogP contribution in [0.15, 0.2) is 41.4 Å². The Morgan fingerprint density at radius 2 is 1.80 bits per heavy atom. The van der Waals surface area contributed by atoms with Crippen molar-refractivity contribution in [3.8, 4) is 5.75 Å². The average Bonchev–Trinajstić information content (AvgIpc) is 3.46. The Bertz CT molecular complexity index is 1450. The number of amides is 1. The number of aromatic nitrogens is 1. The molecule has 3 saturated carbocycles. The summed E-state index contributed by atoms with van der Waals surface area (Å²) in [6.45, 7) is 3.30. The van der Waals surface area contributed by atoms with Gasteiger partial charge in [-0.1, -0.05) is 36.9 Å². The van der Waals surface area contributed by atoms with Gasteiger partial charge in [-0.15, -0.1) is 0 Å². The number of nitrogens with one attached hydrogen (secondary N) is 1. The molecule has 0 unspecified atom stereocenters. The van der Waals surface area contributed by atoms with Crippen LogP contribution >= 0.6 is 11.6 Å². The molecule has 2 aromatic rings. The summed E-state index contributed by atoms with van der Waals surface area (Å²) in [5.74, 6) is 0.925. The highest BCUT2D eigenvalue weighted by Gasteiger charge is 2.55. The fourth-order valence-corrected chi connectivity index (χ4v) is 8.67. The molecule has 5 fully saturated rings. The van der Waals surface area contributed by atoms with Gasteiger partial charge >= 0.3 is 0 Å². The van der Waals surface area contributed by atoms with Crippen molar-refractivity contribution < 1.29 is 23.1 Å². The fraction of sp³-hybridized carbons (Fsp3) is 0.600. The largest absolute Gasteiger partial charge is 0.475 e. The summed E-state index contributed by atoms with van der Waals surface area (Å²) < 4.78 is 35.1. The lowest BCUT2D eigenvalue weighted by Gasteiger charge is -2.53. The first-order valence-electron chi connectivity index (χ1n) is 14.9. The Balaban J connectivity index is 1.05. The number of carbonyl (C=O) groups is 1. The maximum Gasteiger partial charge on any atom is 0.281 e. The van der Waals surface area contributed by atoms with Gasteiger partial charge in [0.25, 0.3) is 15.9 Å². The zero-order valence-corrected chi connectivity index (χ0v) is 24.7. The van der Waals surface area contributed by atoms with Gasteiger partial charge in [-0.25, -0.2) is 9.71 Å². The van der Waals surface area contributed by atoms with Crippen LogP contribution in [-0.2, 0) is 14.8 Å². The van der Waals surface area contributed by atoms with Crippen LogP contribution in [0.3, 0.4) is 0 Å². The van der Waals surface area contributed by atoms with Gasteiger partial charge in [0.1, 0.15) is 11.6 Å². The SMILES string of the molecule is O=C(NS(=O)(=O)c1cccc(N2C[C@H]3CC[C@@H](O)[C@H]3C2)n1)C1(Oc2cc(Cl)ccc2N2CC3(CCCCC3)C2)CC1. The van der Waals surface area contributed by atoms with Gasteiger partial charge in [-0.3, -0.25) is 4.79 Å². The summed E-state index contributed by atoms with van der Waals surface area (Å²) in [6.07, 6.45) is 8.63. The minimum absolute atomic E-state index is 0.185. The summed E-state index contributed by atoms with van der Waals surface area (Å²) in [6, 6.07) is 10.3. The number of benzene rings is 1. The van der Waals surface area contributed by atoms with E-state index in [1.54, 1.807) is 18.2 Å². The Morgan fingerprint density at radius 1 is 1.02 bits per heavy atom. The smallest absolute Gasteiger partial charge is 0.281 e. The van der Waals surface area contributed by atoms with E-state index in [4.69, 9.17) is 16.3 Å². The molecule has 3 aliphatic carbocycles. The second-order valence-electron chi connectivity index (χ2n) is 12.9. The van der Waals surface area contributed by atoms with Gasteiger partial charge in [0.2, 0.25) is 0 Å². The van der Waals surface area contributed by atoms with Gasteiger partial charge in [0, 0.05) is 61.4 Å². The first kappa shape index (κ1) is 27.3. The summed E-state index contributed by atoms with van der Waals surface area (Å²) in [5, 5.41) is 10.6. The molecule has 2 N–H and O–H groups in total. The molecule has 1 spiro atoms. The normalized spacial score (nSPS) is 27.8. The molecule has 0 bridgehead atoms. The lowest BCUT2D eigenvalue weighted by molar-refractivity contribution is -0.127. The van der Waals surface area contributed by atoms with Crippen molar-refractivity contribution in [3.05, 3.63) is 41.4 Å². The number of halogens is 1. The van der Waals surface area contributed by atoms with E-state index < -0.39 is 21.5 Å². The molecule has 1 aromatic carbocycles. The van der Waals surface area contributed by atoms with Crippen molar-refractivity contribution in [1.82, 2.24) is 9.71 Å². The molecule has 2 aliphatic heterocycles. The number of anilines is 2. The third-order valence-electron chi connectivity index (χ3n) is 10.0. The van der Waals surface area contributed by atoms with E-state index in [9.17, 15) is 18.3 Å². The van der Waals surface area contributed by atoms with Crippen molar-refractivity contribution in [1.29, 1.82) is 0 Å². The first-order valence-corrected chi connectivity index (χ1v) is 16.7. The van der Waals surface area contributed by atoms with Gasteiger partial charge in [-0.05, 0) is 55.9 Å². The number of hydrogen-bond donors (Lipinski definition) is 2. The zero-order valence-electron chi connectivity index (χ0n) is 23.1. The molecular weight excluding hydrogens is 564 g/mol. The summed E-state index contributed by atoms with van der Waals surface area (Å²) in [5.41, 5.74) is -0.00461. The standard InChI is InChI=1S/C30H37ClN4O5S/c31-21-8-9-23(35-18-29(19-35)11-2-1-3-12-29)25(15-21)40-30(13-14-30)28(37)33-41(38,39)27-6-4-5-26(32-27)34-16-20-7-10-24(36)22(20)17-34/h4-6,8-9,15,20,22,24,36H,1-3,7,10-14,16-19H2,(H,33,37)/t20-,22+,24-/m1/s1. The molecule has 5 aliphatic rings. The number of carbonyl (C=O) groups excluding carboxylic acids is 1. The molecule has 11 heteroatoms. The number of fused-ring (bicyclic) bond motifs is 1. The quantitative estimate of drug-likeness (QED) is 0.488. The molecular formula is C30H37ClN4O5S. The predicted octanol–water partition coefficient (Wildman–Crippen LogP) is 4.13. The molecule has 1 amide bonds. The highest BCUT2D eigenvalue weighted by atomic mass is 35.5. The number of hydrogen-bond acceptors (Lipinski definition) is 8. The van der Waals surface area contributed by atoms with Crippen LogP contribution < -0.4 is 19.3 Å². The highest BCUT2D eigenvalue weighted by Crippen LogP contribution is 2.50. The molecule has 220 valence electrons. The van der Waals surface area contributed by atoms with E-state index in [1.807, 2.05) is 17.0 Å². The number of rotatable bonds is 7. The molecule has 7 rings (SSSR count). The summed E-state index contributed by atoms with van der Waals surface area (Å²) in [7, 11) is -4.23. The van der Waals surface area contributed by atoms with Crippen LogP contribution in [0.2, 0.25) is 5.02 Å². The molecule has 41 heavy (non-hydrogen) atoms. The van der Waals surface area contributed by atoms with Crippen LogP contribution in [0, 0.1) is 17.3 Å². The lowest BCUT2D eigenvalue weighted by atomic mass is 9.68. The monoisotopic (exact) mass is 600 g/mol. The minimum atomic E-state index is -4.23. The van der Waals surface area contributed by atoms with E-state index in [1.165, 1.54) is 38.2 Å². The average molecular weight is 601 g/mol. The van der Waals surface area contributed by atoms with Crippen LogP contribution in [-0.4, -0.2) is 62.3 Å². The van der Waals surface area contributed by atoms with Gasteiger partial charge in [0.15, 0.2) is 10.6 Å². The highest BCUT2D eigenvalue weighted by molar-refractivity contribution is 7.90. The van der Waals surface area contributed by atoms with E-state index in [0.29, 0.717) is 47.3 Å². The Hall–Kier alpha value is -2.56. The topological polar surface area (TPSA) is 112 Å². The second-order valence-corrected chi connectivity index (χ2v) is 14.9. The number of ether oxygens (including phenoxy) is 1. The van der Waals surface area contributed by atoms with Crippen molar-refractivity contribution in [2.75, 3.05) is 36.0 Å². The third-order valence-corrected chi connectivity index (χ3v) is 11.5. The van der Waals surface area contributed by atoms with Crippen molar-refractivity contribution >= 4 is 39.0 Å². The number of aliphatic hydroxyl groups is 1. The Morgan fingerprint density at radius 3 is 2.54 bits per heavy atom.